The van der Waals surface area contributed by atoms with Crippen LogP contribution in [-0.4, -0.2) is 18.3 Å². The fourth-order valence-corrected chi connectivity index (χ4v) is 1.63. The van der Waals surface area contributed by atoms with Gasteiger partial charge in [-0.2, -0.15) is 0 Å². The molecule has 3 heteroatoms. The number of halogens is 1. The molecule has 0 bridgehead atoms. The van der Waals surface area contributed by atoms with E-state index >= 15 is 0 Å². The maximum absolute atomic E-state index is 11.8. The van der Waals surface area contributed by atoms with Crippen LogP contribution in [0.2, 0.25) is 0 Å². The Kier molecular flexibility index (Phi) is 5.01. The normalized spacial score (nSPS) is 11.3. The summed E-state index contributed by atoms with van der Waals surface area (Å²) in [4.78, 5) is 11.8. The largest absolute Gasteiger partial charge is 0.352 e. The van der Waals surface area contributed by atoms with Gasteiger partial charge in [-0.05, 0) is 29.5 Å². The maximum atomic E-state index is 11.8. The van der Waals surface area contributed by atoms with Crippen molar-refractivity contribution in [2.24, 2.45) is 0 Å². The van der Waals surface area contributed by atoms with E-state index in [2.05, 4.69) is 32.2 Å². The number of alkyl halides is 1. The quantitative estimate of drug-likeness (QED) is 0.647. The van der Waals surface area contributed by atoms with Gasteiger partial charge in [0.25, 0.3) is 5.91 Å². The number of hydrogen-bond acceptors (Lipinski definition) is 1. The Morgan fingerprint density at radius 2 is 2.06 bits per heavy atom. The topological polar surface area (TPSA) is 29.1 Å². The summed E-state index contributed by atoms with van der Waals surface area (Å²) < 4.78 is 0. The lowest BCUT2D eigenvalue weighted by atomic mass is 9.86. The first kappa shape index (κ1) is 14.0. The SMILES string of the molecule is CC(C)(C)c1cccc(C(=O)NCCCCl)c1. The van der Waals surface area contributed by atoms with Gasteiger partial charge in [-0.3, -0.25) is 4.79 Å². The minimum atomic E-state index is -0.0267. The fourth-order valence-electron chi connectivity index (χ4n) is 1.50. The van der Waals surface area contributed by atoms with Crippen LogP contribution in [-0.2, 0) is 5.41 Å². The molecule has 0 atom stereocenters. The lowest BCUT2D eigenvalue weighted by molar-refractivity contribution is 0.0953. The van der Waals surface area contributed by atoms with Gasteiger partial charge in [0.15, 0.2) is 0 Å². The van der Waals surface area contributed by atoms with Crippen LogP contribution in [0.1, 0.15) is 43.1 Å². The van der Waals surface area contributed by atoms with E-state index in [4.69, 9.17) is 11.6 Å². The second kappa shape index (κ2) is 6.06. The van der Waals surface area contributed by atoms with E-state index in [1.165, 1.54) is 5.56 Å². The van der Waals surface area contributed by atoms with Gasteiger partial charge in [-0.25, -0.2) is 0 Å². The van der Waals surface area contributed by atoms with Crippen molar-refractivity contribution in [1.82, 2.24) is 5.32 Å². The number of amides is 1. The van der Waals surface area contributed by atoms with E-state index in [9.17, 15) is 4.79 Å². The third-order valence-electron chi connectivity index (χ3n) is 2.59. The predicted molar refractivity (Wildman–Crippen MR) is 72.8 cm³/mol. The van der Waals surface area contributed by atoms with Crippen molar-refractivity contribution in [2.45, 2.75) is 32.6 Å². The first-order valence-corrected chi connectivity index (χ1v) is 6.43. The van der Waals surface area contributed by atoms with Crippen LogP contribution in [0.15, 0.2) is 24.3 Å². The van der Waals surface area contributed by atoms with E-state index in [-0.39, 0.29) is 11.3 Å². The summed E-state index contributed by atoms with van der Waals surface area (Å²) in [6.45, 7) is 7.04. The van der Waals surface area contributed by atoms with Crippen molar-refractivity contribution in [3.63, 3.8) is 0 Å². The van der Waals surface area contributed by atoms with Gasteiger partial charge < -0.3 is 5.32 Å². The van der Waals surface area contributed by atoms with Gasteiger partial charge in [0.2, 0.25) is 0 Å². The Morgan fingerprint density at radius 3 is 2.65 bits per heavy atom. The zero-order chi connectivity index (χ0) is 12.9. The van der Waals surface area contributed by atoms with Crippen LogP contribution in [0.4, 0.5) is 0 Å². The van der Waals surface area contributed by atoms with Crippen LogP contribution in [0.5, 0.6) is 0 Å². The molecular weight excluding hydrogens is 234 g/mol. The number of nitrogens with one attached hydrogen (secondary N) is 1. The summed E-state index contributed by atoms with van der Waals surface area (Å²) in [5, 5.41) is 2.86. The van der Waals surface area contributed by atoms with E-state index in [0.29, 0.717) is 18.0 Å². The molecule has 0 aliphatic heterocycles. The fraction of sp³-hybridized carbons (Fsp3) is 0.500. The molecule has 0 fully saturated rings. The molecule has 0 heterocycles. The molecule has 0 aliphatic carbocycles. The Balaban J connectivity index is 2.74. The van der Waals surface area contributed by atoms with E-state index < -0.39 is 0 Å². The van der Waals surface area contributed by atoms with Crippen molar-refractivity contribution in [3.8, 4) is 0 Å². The molecule has 17 heavy (non-hydrogen) atoms. The van der Waals surface area contributed by atoms with Crippen molar-refractivity contribution < 1.29 is 4.79 Å². The Labute approximate surface area is 108 Å². The van der Waals surface area contributed by atoms with Crippen LogP contribution < -0.4 is 5.32 Å². The second-order valence-electron chi connectivity index (χ2n) is 5.13. The molecular formula is C14H20ClNO. The number of hydrogen-bond donors (Lipinski definition) is 1. The first-order valence-electron chi connectivity index (χ1n) is 5.90. The van der Waals surface area contributed by atoms with Gasteiger partial charge >= 0.3 is 0 Å². The molecule has 1 aromatic rings. The van der Waals surface area contributed by atoms with Crippen molar-refractivity contribution in [1.29, 1.82) is 0 Å². The van der Waals surface area contributed by atoms with Gasteiger partial charge in [-0.1, -0.05) is 32.9 Å². The van der Waals surface area contributed by atoms with Gasteiger partial charge in [-0.15, -0.1) is 11.6 Å². The number of rotatable bonds is 4. The van der Waals surface area contributed by atoms with E-state index in [0.717, 1.165) is 6.42 Å². The third kappa shape index (κ3) is 4.39. The summed E-state index contributed by atoms with van der Waals surface area (Å²) >= 11 is 5.56. The molecule has 0 aliphatic rings. The summed E-state index contributed by atoms with van der Waals surface area (Å²) in [7, 11) is 0. The highest BCUT2D eigenvalue weighted by Crippen LogP contribution is 2.22. The van der Waals surface area contributed by atoms with E-state index in [1.807, 2.05) is 18.2 Å². The highest BCUT2D eigenvalue weighted by atomic mass is 35.5. The molecule has 0 spiro atoms. The number of carbonyl (C=O) groups is 1. The average Bonchev–Trinajstić information content (AvgIpc) is 2.28. The van der Waals surface area contributed by atoms with Crippen LogP contribution >= 0.6 is 11.6 Å². The maximum Gasteiger partial charge on any atom is 0.251 e. The van der Waals surface area contributed by atoms with Crippen LogP contribution in [0.25, 0.3) is 0 Å². The van der Waals surface area contributed by atoms with Crippen LogP contribution in [0, 0.1) is 0 Å². The zero-order valence-electron chi connectivity index (χ0n) is 10.7. The molecule has 1 rings (SSSR count). The second-order valence-corrected chi connectivity index (χ2v) is 5.51. The number of benzene rings is 1. The summed E-state index contributed by atoms with van der Waals surface area (Å²) in [5.41, 5.74) is 1.95. The highest BCUT2D eigenvalue weighted by Gasteiger charge is 2.15. The number of carbonyl (C=O) groups excluding carboxylic acids is 1. The lowest BCUT2D eigenvalue weighted by Gasteiger charge is -2.19. The van der Waals surface area contributed by atoms with E-state index in [1.54, 1.807) is 0 Å². The molecule has 2 nitrogen and oxygen atoms in total. The molecule has 1 N–H and O–H groups in total. The predicted octanol–water partition coefficient (Wildman–Crippen LogP) is 3.34. The highest BCUT2D eigenvalue weighted by molar-refractivity contribution is 6.17. The van der Waals surface area contributed by atoms with Crippen molar-refractivity contribution in [3.05, 3.63) is 35.4 Å². The summed E-state index contributed by atoms with van der Waals surface area (Å²) in [6, 6.07) is 7.77. The van der Waals surface area contributed by atoms with Gasteiger partial charge in [0, 0.05) is 18.0 Å². The zero-order valence-corrected chi connectivity index (χ0v) is 11.5. The molecule has 1 aromatic carbocycles. The molecule has 0 saturated heterocycles. The summed E-state index contributed by atoms with van der Waals surface area (Å²) in [6.07, 6.45) is 0.798. The average molecular weight is 254 g/mol. The minimum absolute atomic E-state index is 0.0267. The molecule has 94 valence electrons. The minimum Gasteiger partial charge on any atom is -0.352 e. The molecule has 0 saturated carbocycles. The first-order chi connectivity index (χ1) is 7.95. The van der Waals surface area contributed by atoms with Crippen molar-refractivity contribution >= 4 is 17.5 Å². The Morgan fingerprint density at radius 1 is 1.35 bits per heavy atom. The van der Waals surface area contributed by atoms with Crippen molar-refractivity contribution in [2.75, 3.05) is 12.4 Å². The monoisotopic (exact) mass is 253 g/mol. The Bertz CT molecular complexity index is 382. The molecule has 1 amide bonds. The smallest absolute Gasteiger partial charge is 0.251 e. The Hall–Kier alpha value is -1.02. The van der Waals surface area contributed by atoms with Crippen LogP contribution in [0.3, 0.4) is 0 Å². The van der Waals surface area contributed by atoms with Gasteiger partial charge in [0.1, 0.15) is 0 Å². The molecule has 0 aromatic heterocycles. The molecule has 0 radical (unpaired) electrons. The lowest BCUT2D eigenvalue weighted by Crippen LogP contribution is -2.25. The molecule has 0 unspecified atom stereocenters. The third-order valence-corrected chi connectivity index (χ3v) is 2.85. The standard InChI is InChI=1S/C14H20ClNO/c1-14(2,3)12-7-4-6-11(10-12)13(17)16-9-5-8-15/h4,6-7,10H,5,8-9H2,1-3H3,(H,16,17). The van der Waals surface area contributed by atoms with Gasteiger partial charge in [0.05, 0.1) is 0 Å². The summed E-state index contributed by atoms with van der Waals surface area (Å²) in [5.74, 6) is 0.545.